The number of hydrogen-bond donors (Lipinski definition) is 5. The molecule has 1 heterocycles. The summed E-state index contributed by atoms with van der Waals surface area (Å²) in [5.74, 6) is 0.651. The molecule has 0 aliphatic carbocycles. The van der Waals surface area contributed by atoms with Gasteiger partial charge < -0.3 is 27.0 Å². The molecule has 1 aliphatic rings. The van der Waals surface area contributed by atoms with E-state index in [1.54, 1.807) is 0 Å². The van der Waals surface area contributed by atoms with Crippen LogP contribution in [-0.2, 0) is 26.2 Å². The summed E-state index contributed by atoms with van der Waals surface area (Å²) in [7, 11) is 0. The SMILES string of the molecule is Cc1cc(CN)c(O)c(CN2CCCNCCCN(Cc3cc(C)cc(CN)c3O)CC2)c1. The Morgan fingerprint density at radius 1 is 0.697 bits per heavy atom. The van der Waals surface area contributed by atoms with Gasteiger partial charge in [-0.3, -0.25) is 9.80 Å². The molecule has 7 N–H and O–H groups in total. The average molecular weight is 456 g/mol. The average Bonchev–Trinajstić information content (AvgIpc) is 2.84. The number of nitrogens with one attached hydrogen (secondary N) is 1. The van der Waals surface area contributed by atoms with Crippen molar-refractivity contribution in [2.45, 2.75) is 52.9 Å². The maximum atomic E-state index is 10.7. The highest BCUT2D eigenvalue weighted by Gasteiger charge is 2.17. The van der Waals surface area contributed by atoms with Gasteiger partial charge in [0.25, 0.3) is 0 Å². The quantitative estimate of drug-likeness (QED) is 0.455. The lowest BCUT2D eigenvalue weighted by Gasteiger charge is -2.28. The van der Waals surface area contributed by atoms with Gasteiger partial charge in [-0.15, -0.1) is 0 Å². The Kier molecular flexibility index (Phi) is 9.52. The highest BCUT2D eigenvalue weighted by atomic mass is 16.3. The molecule has 0 atom stereocenters. The van der Waals surface area contributed by atoms with Crippen molar-refractivity contribution >= 4 is 0 Å². The third-order valence-corrected chi connectivity index (χ3v) is 6.44. The molecule has 0 aromatic heterocycles. The van der Waals surface area contributed by atoms with Crippen molar-refractivity contribution in [3.05, 3.63) is 57.6 Å². The highest BCUT2D eigenvalue weighted by molar-refractivity contribution is 5.44. The Balaban J connectivity index is 1.76. The van der Waals surface area contributed by atoms with Gasteiger partial charge >= 0.3 is 0 Å². The summed E-state index contributed by atoms with van der Waals surface area (Å²) in [4.78, 5) is 4.83. The number of aryl methyl sites for hydroxylation is 2. The first-order valence-corrected chi connectivity index (χ1v) is 12.1. The maximum Gasteiger partial charge on any atom is 0.124 e. The second kappa shape index (κ2) is 12.3. The van der Waals surface area contributed by atoms with E-state index in [1.807, 2.05) is 26.0 Å². The van der Waals surface area contributed by atoms with E-state index in [2.05, 4.69) is 27.2 Å². The van der Waals surface area contributed by atoms with Crippen LogP contribution in [0.5, 0.6) is 11.5 Å². The number of nitrogens with two attached hydrogens (primary N) is 2. The van der Waals surface area contributed by atoms with E-state index in [1.165, 1.54) is 0 Å². The summed E-state index contributed by atoms with van der Waals surface area (Å²) in [6.45, 7) is 11.8. The van der Waals surface area contributed by atoms with Crippen LogP contribution in [0.4, 0.5) is 0 Å². The van der Waals surface area contributed by atoms with Crippen LogP contribution in [0.1, 0.15) is 46.2 Å². The summed E-state index contributed by atoms with van der Waals surface area (Å²) in [6, 6.07) is 8.05. The number of nitrogens with zero attached hydrogens (tertiary/aromatic N) is 2. The van der Waals surface area contributed by atoms with Gasteiger partial charge in [0, 0.05) is 61.5 Å². The Bertz CT molecular complexity index is 845. The number of phenolic OH excluding ortho intramolecular Hbond substituents is 2. The molecule has 2 aromatic rings. The molecule has 33 heavy (non-hydrogen) atoms. The minimum Gasteiger partial charge on any atom is -0.507 e. The zero-order valence-electron chi connectivity index (χ0n) is 20.2. The summed E-state index contributed by atoms with van der Waals surface area (Å²) in [6.07, 6.45) is 2.13. The molecule has 7 nitrogen and oxygen atoms in total. The molecular formula is C26H41N5O2. The molecule has 1 saturated heterocycles. The van der Waals surface area contributed by atoms with Crippen LogP contribution in [0.3, 0.4) is 0 Å². The van der Waals surface area contributed by atoms with Crippen LogP contribution in [-0.4, -0.2) is 59.3 Å². The monoisotopic (exact) mass is 455 g/mol. The Morgan fingerprint density at radius 2 is 1.09 bits per heavy atom. The fourth-order valence-electron chi connectivity index (χ4n) is 4.71. The normalized spacial score (nSPS) is 17.1. The second-order valence-corrected chi connectivity index (χ2v) is 9.28. The van der Waals surface area contributed by atoms with Gasteiger partial charge in [0.15, 0.2) is 0 Å². The third-order valence-electron chi connectivity index (χ3n) is 6.44. The minimum absolute atomic E-state index is 0.325. The third kappa shape index (κ3) is 7.16. The lowest BCUT2D eigenvalue weighted by Crippen LogP contribution is -2.36. The van der Waals surface area contributed by atoms with Gasteiger partial charge in [-0.05, 0) is 52.9 Å². The molecule has 2 aromatic carbocycles. The van der Waals surface area contributed by atoms with Crippen LogP contribution < -0.4 is 16.8 Å². The van der Waals surface area contributed by atoms with E-state index in [0.717, 1.165) is 85.5 Å². The zero-order chi connectivity index (χ0) is 23.8. The number of phenols is 2. The molecule has 0 bridgehead atoms. The van der Waals surface area contributed by atoms with E-state index in [9.17, 15) is 10.2 Å². The topological polar surface area (TPSA) is 111 Å². The number of aromatic hydroxyl groups is 2. The second-order valence-electron chi connectivity index (χ2n) is 9.28. The Morgan fingerprint density at radius 3 is 1.48 bits per heavy atom. The number of benzene rings is 2. The molecule has 0 radical (unpaired) electrons. The van der Waals surface area contributed by atoms with Crippen molar-refractivity contribution in [2.75, 3.05) is 39.3 Å². The lowest BCUT2D eigenvalue weighted by molar-refractivity contribution is 0.192. The van der Waals surface area contributed by atoms with E-state index < -0.39 is 0 Å². The lowest BCUT2D eigenvalue weighted by atomic mass is 10.0. The highest BCUT2D eigenvalue weighted by Crippen LogP contribution is 2.27. The molecular weight excluding hydrogens is 414 g/mol. The van der Waals surface area contributed by atoms with Gasteiger partial charge in [-0.25, -0.2) is 0 Å². The van der Waals surface area contributed by atoms with Crippen LogP contribution in [0.2, 0.25) is 0 Å². The van der Waals surface area contributed by atoms with Crippen molar-refractivity contribution in [1.29, 1.82) is 0 Å². The zero-order valence-corrected chi connectivity index (χ0v) is 20.2. The van der Waals surface area contributed by atoms with Crippen LogP contribution >= 0.6 is 0 Å². The summed E-state index contributed by atoms with van der Waals surface area (Å²) < 4.78 is 0. The number of rotatable bonds is 6. The molecule has 3 rings (SSSR count). The Labute approximate surface area is 198 Å². The van der Waals surface area contributed by atoms with Crippen molar-refractivity contribution in [3.8, 4) is 11.5 Å². The van der Waals surface area contributed by atoms with Crippen molar-refractivity contribution in [2.24, 2.45) is 11.5 Å². The van der Waals surface area contributed by atoms with E-state index in [0.29, 0.717) is 37.7 Å². The van der Waals surface area contributed by atoms with Crippen molar-refractivity contribution < 1.29 is 10.2 Å². The van der Waals surface area contributed by atoms with Crippen LogP contribution in [0.15, 0.2) is 24.3 Å². The fourth-order valence-corrected chi connectivity index (χ4v) is 4.71. The van der Waals surface area contributed by atoms with Crippen LogP contribution in [0.25, 0.3) is 0 Å². The summed E-state index contributed by atoms with van der Waals surface area (Å²) in [5.41, 5.74) is 17.4. The first-order valence-electron chi connectivity index (χ1n) is 12.1. The van der Waals surface area contributed by atoms with Gasteiger partial charge in [-0.1, -0.05) is 35.4 Å². The predicted molar refractivity (Wildman–Crippen MR) is 134 cm³/mol. The van der Waals surface area contributed by atoms with E-state index in [4.69, 9.17) is 11.5 Å². The standard InChI is InChI=1S/C26H41N5O2/c1-19-11-21(15-27)25(32)23(13-19)17-30-7-3-5-29-6-4-8-31(10-9-30)18-24-14-20(2)12-22(16-28)26(24)33/h11-14,29,32-33H,3-10,15-18,27-28H2,1-2H3. The van der Waals surface area contributed by atoms with Gasteiger partial charge in [0.05, 0.1) is 0 Å². The molecule has 182 valence electrons. The van der Waals surface area contributed by atoms with E-state index in [-0.39, 0.29) is 0 Å². The summed E-state index contributed by atoms with van der Waals surface area (Å²) >= 11 is 0. The molecule has 0 saturated carbocycles. The van der Waals surface area contributed by atoms with Crippen LogP contribution in [0, 0.1) is 13.8 Å². The molecule has 0 amide bonds. The van der Waals surface area contributed by atoms with E-state index >= 15 is 0 Å². The van der Waals surface area contributed by atoms with Gasteiger partial charge in [0.2, 0.25) is 0 Å². The molecule has 7 heteroatoms. The van der Waals surface area contributed by atoms with Crippen molar-refractivity contribution in [1.82, 2.24) is 15.1 Å². The van der Waals surface area contributed by atoms with Gasteiger partial charge in [-0.2, -0.15) is 0 Å². The first-order chi connectivity index (χ1) is 15.9. The molecule has 1 aliphatic heterocycles. The molecule has 0 spiro atoms. The fraction of sp³-hybridized carbons (Fsp3) is 0.538. The predicted octanol–water partition coefficient (Wildman–Crippen LogP) is 2.32. The minimum atomic E-state index is 0.325. The van der Waals surface area contributed by atoms with Crippen molar-refractivity contribution in [3.63, 3.8) is 0 Å². The summed E-state index contributed by atoms with van der Waals surface area (Å²) in [5, 5.41) is 24.9. The van der Waals surface area contributed by atoms with Gasteiger partial charge in [0.1, 0.15) is 11.5 Å². The maximum absolute atomic E-state index is 10.7. The largest absolute Gasteiger partial charge is 0.507 e. The smallest absolute Gasteiger partial charge is 0.124 e. The number of hydrogen-bond acceptors (Lipinski definition) is 7. The Hall–Kier alpha value is -2.16. The first kappa shape index (κ1) is 25.5. The molecule has 0 unspecified atom stereocenters. The molecule has 1 fully saturated rings.